The molecule has 0 saturated carbocycles. The molecule has 0 atom stereocenters. The summed E-state index contributed by atoms with van der Waals surface area (Å²) in [5.74, 6) is 5.83. The highest BCUT2D eigenvalue weighted by Crippen LogP contribution is 2.41. The summed E-state index contributed by atoms with van der Waals surface area (Å²) in [6, 6.07) is 12.7. The number of furan rings is 3. The maximum atomic E-state index is 6.40. The van der Waals surface area contributed by atoms with Gasteiger partial charge in [-0.2, -0.15) is 0 Å². The van der Waals surface area contributed by atoms with Crippen LogP contribution < -0.4 is 0 Å². The van der Waals surface area contributed by atoms with Gasteiger partial charge in [0.15, 0.2) is 0 Å². The zero-order valence-corrected chi connectivity index (χ0v) is 20.7. The Kier molecular flexibility index (Phi) is 9.32. The molecule has 0 amide bonds. The molecule has 0 aromatic carbocycles. The van der Waals surface area contributed by atoms with Crippen molar-refractivity contribution in [2.45, 2.75) is 110 Å². The summed E-state index contributed by atoms with van der Waals surface area (Å²) in [6.45, 7) is 8.86. The van der Waals surface area contributed by atoms with Crippen LogP contribution in [0.15, 0.2) is 49.6 Å². The first-order valence-electron chi connectivity index (χ1n) is 12.9. The molecular formula is C29H42O3. The highest BCUT2D eigenvalue weighted by molar-refractivity contribution is 5.39. The Balaban J connectivity index is 1.89. The van der Waals surface area contributed by atoms with Crippen LogP contribution in [0.5, 0.6) is 0 Å². The zero-order chi connectivity index (χ0) is 22.8. The molecule has 3 heteroatoms. The molecule has 0 saturated heterocycles. The number of aryl methyl sites for hydroxylation is 3. The molecule has 0 aliphatic rings. The summed E-state index contributed by atoms with van der Waals surface area (Å²) in [6.07, 6.45) is 13.7. The third-order valence-electron chi connectivity index (χ3n) is 6.54. The Hall–Kier alpha value is -2.16. The molecule has 0 spiro atoms. The lowest BCUT2D eigenvalue weighted by atomic mass is 9.82. The van der Waals surface area contributed by atoms with Gasteiger partial charge in [0.2, 0.25) is 0 Å². The summed E-state index contributed by atoms with van der Waals surface area (Å²) in [4.78, 5) is 0. The van der Waals surface area contributed by atoms with Gasteiger partial charge in [-0.3, -0.25) is 0 Å². The van der Waals surface area contributed by atoms with Crippen molar-refractivity contribution >= 4 is 0 Å². The average Bonchev–Trinajstić information content (AvgIpc) is 3.55. The predicted octanol–water partition coefficient (Wildman–Crippen LogP) is 9.02. The van der Waals surface area contributed by atoms with E-state index in [0.29, 0.717) is 0 Å². The number of rotatable bonds is 15. The van der Waals surface area contributed by atoms with Crippen molar-refractivity contribution in [3.8, 4) is 0 Å². The summed E-state index contributed by atoms with van der Waals surface area (Å²) in [7, 11) is 0. The minimum Gasteiger partial charge on any atom is -0.465 e. The second kappa shape index (κ2) is 12.2. The first-order chi connectivity index (χ1) is 15.6. The molecule has 0 fully saturated rings. The van der Waals surface area contributed by atoms with Crippen molar-refractivity contribution in [3.63, 3.8) is 0 Å². The Morgan fingerprint density at radius 3 is 1.09 bits per heavy atom. The number of hydrogen-bond donors (Lipinski definition) is 0. The average molecular weight is 439 g/mol. The molecule has 176 valence electrons. The molecule has 3 rings (SSSR count). The Labute approximate surface area is 194 Å². The zero-order valence-electron chi connectivity index (χ0n) is 20.7. The van der Waals surface area contributed by atoms with Crippen LogP contribution in [0.1, 0.15) is 120 Å². The molecule has 0 aliphatic carbocycles. The van der Waals surface area contributed by atoms with Crippen LogP contribution in [0.25, 0.3) is 0 Å². The largest absolute Gasteiger partial charge is 0.465 e. The van der Waals surface area contributed by atoms with Crippen LogP contribution in [0.3, 0.4) is 0 Å². The lowest BCUT2D eigenvalue weighted by Gasteiger charge is -2.23. The van der Waals surface area contributed by atoms with E-state index in [0.717, 1.165) is 73.1 Å². The topological polar surface area (TPSA) is 39.4 Å². The molecule has 3 heterocycles. The minimum atomic E-state index is -0.574. The summed E-state index contributed by atoms with van der Waals surface area (Å²) < 4.78 is 19.2. The van der Waals surface area contributed by atoms with E-state index in [1.165, 1.54) is 38.5 Å². The highest BCUT2D eigenvalue weighted by Gasteiger charge is 2.40. The fraction of sp³-hybridized carbons (Fsp3) is 0.586. The molecular weight excluding hydrogens is 396 g/mol. The van der Waals surface area contributed by atoms with E-state index >= 15 is 0 Å². The molecule has 3 aromatic rings. The van der Waals surface area contributed by atoms with Crippen LogP contribution >= 0.6 is 0 Å². The molecule has 0 radical (unpaired) electrons. The third kappa shape index (κ3) is 5.99. The van der Waals surface area contributed by atoms with E-state index in [4.69, 9.17) is 13.3 Å². The fourth-order valence-corrected chi connectivity index (χ4v) is 4.35. The SMILES string of the molecule is CCCCCc1ccc(C(C)(c2ccc(CCCCC)o2)c2ccc(CCCCC)o2)o1. The molecule has 0 bridgehead atoms. The lowest BCUT2D eigenvalue weighted by molar-refractivity contribution is 0.311. The quantitative estimate of drug-likeness (QED) is 0.222. The van der Waals surface area contributed by atoms with E-state index in [9.17, 15) is 0 Å². The summed E-state index contributed by atoms with van der Waals surface area (Å²) >= 11 is 0. The van der Waals surface area contributed by atoms with E-state index in [2.05, 4.69) is 64.1 Å². The van der Waals surface area contributed by atoms with Crippen molar-refractivity contribution in [2.24, 2.45) is 0 Å². The van der Waals surface area contributed by atoms with Gasteiger partial charge >= 0.3 is 0 Å². The number of hydrogen-bond acceptors (Lipinski definition) is 3. The Bertz CT molecular complexity index is 793. The van der Waals surface area contributed by atoms with Crippen molar-refractivity contribution in [2.75, 3.05) is 0 Å². The maximum absolute atomic E-state index is 6.40. The van der Waals surface area contributed by atoms with Gasteiger partial charge in [0, 0.05) is 19.3 Å². The van der Waals surface area contributed by atoms with Crippen molar-refractivity contribution < 1.29 is 13.3 Å². The van der Waals surface area contributed by atoms with Gasteiger partial charge in [-0.25, -0.2) is 0 Å². The van der Waals surface area contributed by atoms with Gasteiger partial charge < -0.3 is 13.3 Å². The molecule has 3 aromatic heterocycles. The summed E-state index contributed by atoms with van der Waals surface area (Å²) in [5, 5.41) is 0. The minimum absolute atomic E-state index is 0.574. The van der Waals surface area contributed by atoms with Gasteiger partial charge in [-0.1, -0.05) is 59.3 Å². The van der Waals surface area contributed by atoms with Gasteiger partial charge in [-0.05, 0) is 62.6 Å². The number of unbranched alkanes of at least 4 members (excludes halogenated alkanes) is 6. The monoisotopic (exact) mass is 438 g/mol. The van der Waals surface area contributed by atoms with E-state index in [-0.39, 0.29) is 0 Å². The van der Waals surface area contributed by atoms with Gasteiger partial charge in [0.1, 0.15) is 40.0 Å². The van der Waals surface area contributed by atoms with E-state index in [1.807, 2.05) is 0 Å². The molecule has 0 unspecified atom stereocenters. The van der Waals surface area contributed by atoms with Crippen LogP contribution in [0.2, 0.25) is 0 Å². The van der Waals surface area contributed by atoms with Gasteiger partial charge in [-0.15, -0.1) is 0 Å². The van der Waals surface area contributed by atoms with Crippen molar-refractivity contribution in [3.05, 3.63) is 71.0 Å². The van der Waals surface area contributed by atoms with Gasteiger partial charge in [0.25, 0.3) is 0 Å². The van der Waals surface area contributed by atoms with Crippen LogP contribution in [-0.4, -0.2) is 0 Å². The molecule has 3 nitrogen and oxygen atoms in total. The van der Waals surface area contributed by atoms with Crippen molar-refractivity contribution in [1.82, 2.24) is 0 Å². The standard InChI is InChI=1S/C29H42O3/c1-5-8-11-14-23-17-20-26(30-23)29(4,27-21-18-24(31-27)15-12-9-6-2)28-22-19-25(32-28)16-13-10-7-3/h17-22H,5-16H2,1-4H3. The molecule has 0 aliphatic heterocycles. The fourth-order valence-electron chi connectivity index (χ4n) is 4.35. The first kappa shape index (κ1) is 24.5. The normalized spacial score (nSPS) is 12.0. The van der Waals surface area contributed by atoms with Gasteiger partial charge in [0.05, 0.1) is 0 Å². The van der Waals surface area contributed by atoms with E-state index in [1.54, 1.807) is 0 Å². The summed E-state index contributed by atoms with van der Waals surface area (Å²) in [5.41, 5.74) is -0.574. The van der Waals surface area contributed by atoms with Crippen LogP contribution in [0, 0.1) is 0 Å². The Morgan fingerprint density at radius 1 is 0.500 bits per heavy atom. The second-order valence-corrected chi connectivity index (χ2v) is 9.29. The first-order valence-corrected chi connectivity index (χ1v) is 12.9. The lowest BCUT2D eigenvalue weighted by Crippen LogP contribution is -2.23. The molecule has 32 heavy (non-hydrogen) atoms. The van der Waals surface area contributed by atoms with Crippen molar-refractivity contribution in [1.29, 1.82) is 0 Å². The third-order valence-corrected chi connectivity index (χ3v) is 6.54. The van der Waals surface area contributed by atoms with Crippen LogP contribution in [-0.2, 0) is 24.7 Å². The second-order valence-electron chi connectivity index (χ2n) is 9.29. The Morgan fingerprint density at radius 2 is 0.812 bits per heavy atom. The maximum Gasteiger partial charge on any atom is 0.141 e. The molecule has 0 N–H and O–H groups in total. The van der Waals surface area contributed by atoms with Crippen LogP contribution in [0.4, 0.5) is 0 Å². The smallest absolute Gasteiger partial charge is 0.141 e. The van der Waals surface area contributed by atoms with E-state index < -0.39 is 5.41 Å². The highest BCUT2D eigenvalue weighted by atomic mass is 16.4. The predicted molar refractivity (Wildman–Crippen MR) is 131 cm³/mol.